The van der Waals surface area contributed by atoms with Crippen molar-refractivity contribution < 1.29 is 14.3 Å². The molecule has 0 saturated heterocycles. The van der Waals surface area contributed by atoms with Crippen molar-refractivity contribution in [1.29, 1.82) is 5.26 Å². The van der Waals surface area contributed by atoms with Gasteiger partial charge in [0.2, 0.25) is 0 Å². The number of amides is 1. The molecular formula is C21H21N3O3. The van der Waals surface area contributed by atoms with Gasteiger partial charge in [0.05, 0.1) is 19.9 Å². The average molecular weight is 363 g/mol. The highest BCUT2D eigenvalue weighted by atomic mass is 16.5. The van der Waals surface area contributed by atoms with Gasteiger partial charge in [-0.1, -0.05) is 18.2 Å². The fraction of sp³-hybridized carbons (Fsp3) is 0.238. The van der Waals surface area contributed by atoms with Crippen molar-refractivity contribution in [2.24, 2.45) is 0 Å². The summed E-state index contributed by atoms with van der Waals surface area (Å²) < 4.78 is 10.5. The van der Waals surface area contributed by atoms with Crippen molar-refractivity contribution in [3.05, 3.63) is 59.8 Å². The Morgan fingerprint density at radius 1 is 1.26 bits per heavy atom. The van der Waals surface area contributed by atoms with E-state index in [0.717, 1.165) is 12.1 Å². The van der Waals surface area contributed by atoms with Gasteiger partial charge in [-0.05, 0) is 37.1 Å². The number of rotatable bonds is 5. The quantitative estimate of drug-likeness (QED) is 0.650. The molecule has 0 spiro atoms. The van der Waals surface area contributed by atoms with E-state index in [-0.39, 0.29) is 11.6 Å². The molecule has 27 heavy (non-hydrogen) atoms. The molecule has 1 amide bonds. The topological polar surface area (TPSA) is 74.6 Å². The lowest BCUT2D eigenvalue weighted by atomic mass is 10.1. The Labute approximate surface area is 158 Å². The number of hydrogen-bond acceptors (Lipinski definition) is 5. The summed E-state index contributed by atoms with van der Waals surface area (Å²) in [6, 6.07) is 15.3. The SMILES string of the molecule is COc1ccc(OC)c(NC(=O)/C(C#N)=C\N2c3ccccc3CC2C)c1. The molecule has 0 bridgehead atoms. The van der Waals surface area contributed by atoms with Crippen LogP contribution in [0.5, 0.6) is 11.5 Å². The number of nitrogens with zero attached hydrogens (tertiary/aromatic N) is 2. The number of nitrogens with one attached hydrogen (secondary N) is 1. The fourth-order valence-electron chi connectivity index (χ4n) is 3.16. The minimum atomic E-state index is -0.499. The zero-order valence-electron chi connectivity index (χ0n) is 15.5. The first kappa shape index (κ1) is 18.3. The van der Waals surface area contributed by atoms with Crippen molar-refractivity contribution in [3.8, 4) is 17.6 Å². The Bertz CT molecular complexity index is 931. The van der Waals surface area contributed by atoms with Crippen LogP contribution in [0, 0.1) is 11.3 Å². The molecule has 0 radical (unpaired) electrons. The van der Waals surface area contributed by atoms with E-state index in [2.05, 4.69) is 18.3 Å². The second kappa shape index (κ2) is 7.83. The predicted octanol–water partition coefficient (Wildman–Crippen LogP) is 3.50. The van der Waals surface area contributed by atoms with Gasteiger partial charge < -0.3 is 19.7 Å². The Balaban J connectivity index is 1.88. The van der Waals surface area contributed by atoms with Crippen molar-refractivity contribution in [1.82, 2.24) is 0 Å². The van der Waals surface area contributed by atoms with Crippen molar-refractivity contribution in [2.75, 3.05) is 24.4 Å². The summed E-state index contributed by atoms with van der Waals surface area (Å²) in [5, 5.41) is 12.3. The van der Waals surface area contributed by atoms with Crippen LogP contribution in [0.1, 0.15) is 12.5 Å². The maximum absolute atomic E-state index is 12.7. The third-order valence-electron chi connectivity index (χ3n) is 4.55. The number of para-hydroxylation sites is 1. The molecule has 1 heterocycles. The zero-order valence-corrected chi connectivity index (χ0v) is 15.5. The fourth-order valence-corrected chi connectivity index (χ4v) is 3.16. The van der Waals surface area contributed by atoms with E-state index in [4.69, 9.17) is 9.47 Å². The molecule has 6 nitrogen and oxygen atoms in total. The zero-order chi connectivity index (χ0) is 19.4. The first-order chi connectivity index (χ1) is 13.1. The van der Waals surface area contributed by atoms with Gasteiger partial charge in [-0.15, -0.1) is 0 Å². The third kappa shape index (κ3) is 3.72. The van der Waals surface area contributed by atoms with Crippen molar-refractivity contribution >= 4 is 17.3 Å². The molecule has 0 fully saturated rings. The van der Waals surface area contributed by atoms with E-state index in [9.17, 15) is 10.1 Å². The van der Waals surface area contributed by atoms with E-state index in [0.29, 0.717) is 17.2 Å². The predicted molar refractivity (Wildman–Crippen MR) is 104 cm³/mol. The van der Waals surface area contributed by atoms with Gasteiger partial charge in [0.15, 0.2) is 0 Å². The van der Waals surface area contributed by atoms with Gasteiger partial charge >= 0.3 is 0 Å². The van der Waals surface area contributed by atoms with Gasteiger partial charge in [0, 0.05) is 24.0 Å². The summed E-state index contributed by atoms with van der Waals surface area (Å²) in [4.78, 5) is 14.7. The summed E-state index contributed by atoms with van der Waals surface area (Å²) >= 11 is 0. The number of carbonyl (C=O) groups is 1. The molecule has 2 aromatic rings. The normalized spacial score (nSPS) is 15.7. The van der Waals surface area contributed by atoms with E-state index in [1.165, 1.54) is 12.7 Å². The van der Waals surface area contributed by atoms with E-state index < -0.39 is 5.91 Å². The minimum Gasteiger partial charge on any atom is -0.497 e. The van der Waals surface area contributed by atoms with Crippen molar-refractivity contribution in [2.45, 2.75) is 19.4 Å². The standard InChI is InChI=1S/C21H21N3O3/c1-14-10-15-6-4-5-7-19(15)24(14)13-16(12-22)21(25)23-18-11-17(26-2)8-9-20(18)27-3/h4-9,11,13-14H,10H2,1-3H3,(H,23,25)/b16-13-. The second-order valence-corrected chi connectivity index (χ2v) is 6.26. The van der Waals surface area contributed by atoms with E-state index >= 15 is 0 Å². The Kier molecular flexibility index (Phi) is 5.32. The molecule has 0 aromatic heterocycles. The lowest BCUT2D eigenvalue weighted by molar-refractivity contribution is -0.112. The average Bonchev–Trinajstić information content (AvgIpc) is 3.00. The molecule has 138 valence electrons. The molecule has 1 aliphatic heterocycles. The van der Waals surface area contributed by atoms with Gasteiger partial charge in [-0.2, -0.15) is 5.26 Å². The maximum atomic E-state index is 12.7. The van der Waals surface area contributed by atoms with Crippen LogP contribution in [0.3, 0.4) is 0 Å². The van der Waals surface area contributed by atoms with Crippen LogP contribution >= 0.6 is 0 Å². The third-order valence-corrected chi connectivity index (χ3v) is 4.55. The van der Waals surface area contributed by atoms with Gasteiger partial charge in [0.1, 0.15) is 23.1 Å². The lowest BCUT2D eigenvalue weighted by Crippen LogP contribution is -2.26. The number of methoxy groups -OCH3 is 2. The molecule has 1 N–H and O–H groups in total. The van der Waals surface area contributed by atoms with E-state index in [1.807, 2.05) is 29.2 Å². The first-order valence-electron chi connectivity index (χ1n) is 8.59. The van der Waals surface area contributed by atoms with Crippen LogP contribution in [0.15, 0.2) is 54.2 Å². The second-order valence-electron chi connectivity index (χ2n) is 6.26. The Hall–Kier alpha value is -3.46. The smallest absolute Gasteiger partial charge is 0.267 e. The minimum absolute atomic E-state index is 0.0171. The van der Waals surface area contributed by atoms with Gasteiger partial charge in [0.25, 0.3) is 5.91 Å². The summed E-state index contributed by atoms with van der Waals surface area (Å²) in [6.45, 7) is 2.06. The van der Waals surface area contributed by atoms with Gasteiger partial charge in [-0.3, -0.25) is 4.79 Å². The highest BCUT2D eigenvalue weighted by Crippen LogP contribution is 2.33. The maximum Gasteiger partial charge on any atom is 0.267 e. The van der Waals surface area contributed by atoms with Crippen LogP contribution in [0.2, 0.25) is 0 Å². The Morgan fingerprint density at radius 3 is 2.74 bits per heavy atom. The summed E-state index contributed by atoms with van der Waals surface area (Å²) in [7, 11) is 3.06. The van der Waals surface area contributed by atoms with Crippen LogP contribution < -0.4 is 19.7 Å². The number of hydrogen-bond donors (Lipinski definition) is 1. The van der Waals surface area contributed by atoms with Crippen LogP contribution in [-0.4, -0.2) is 26.2 Å². The van der Waals surface area contributed by atoms with Crippen LogP contribution in [0.4, 0.5) is 11.4 Å². The monoisotopic (exact) mass is 363 g/mol. The number of anilines is 2. The molecule has 3 rings (SSSR count). The number of benzene rings is 2. The number of nitriles is 1. The first-order valence-corrected chi connectivity index (χ1v) is 8.59. The number of fused-ring (bicyclic) bond motifs is 1. The molecule has 1 unspecified atom stereocenters. The molecular weight excluding hydrogens is 342 g/mol. The molecule has 1 aliphatic rings. The molecule has 2 aromatic carbocycles. The molecule has 0 saturated carbocycles. The van der Waals surface area contributed by atoms with E-state index in [1.54, 1.807) is 31.5 Å². The van der Waals surface area contributed by atoms with Crippen molar-refractivity contribution in [3.63, 3.8) is 0 Å². The highest BCUT2D eigenvalue weighted by molar-refractivity contribution is 6.07. The Morgan fingerprint density at radius 2 is 2.04 bits per heavy atom. The van der Waals surface area contributed by atoms with Crippen LogP contribution in [0.25, 0.3) is 0 Å². The molecule has 6 heteroatoms. The summed E-state index contributed by atoms with van der Waals surface area (Å²) in [6.07, 6.45) is 2.48. The highest BCUT2D eigenvalue weighted by Gasteiger charge is 2.25. The summed E-state index contributed by atoms with van der Waals surface area (Å²) in [5.74, 6) is 0.567. The lowest BCUT2D eigenvalue weighted by Gasteiger charge is -2.20. The molecule has 0 aliphatic carbocycles. The largest absolute Gasteiger partial charge is 0.497 e. The van der Waals surface area contributed by atoms with Gasteiger partial charge in [-0.25, -0.2) is 0 Å². The number of ether oxygens (including phenoxy) is 2. The molecule has 1 atom stereocenters. The van der Waals surface area contributed by atoms with Crippen LogP contribution in [-0.2, 0) is 11.2 Å². The summed E-state index contributed by atoms with van der Waals surface area (Å²) in [5.41, 5.74) is 2.68. The number of carbonyl (C=O) groups excluding carboxylic acids is 1.